The van der Waals surface area contributed by atoms with Gasteiger partial charge in [-0.1, -0.05) is 48.5 Å². The third-order valence-corrected chi connectivity index (χ3v) is 4.55. The van der Waals surface area contributed by atoms with Gasteiger partial charge in [0.25, 0.3) is 5.91 Å². The van der Waals surface area contributed by atoms with E-state index in [-0.39, 0.29) is 11.9 Å². The van der Waals surface area contributed by atoms with Crippen LogP contribution in [0.5, 0.6) is 0 Å². The van der Waals surface area contributed by atoms with E-state index in [2.05, 4.69) is 20.7 Å². The smallest absolute Gasteiger partial charge is 0.255 e. The van der Waals surface area contributed by atoms with Gasteiger partial charge in [0.05, 0.1) is 5.57 Å². The lowest BCUT2D eigenvalue weighted by atomic mass is 9.95. The molecule has 1 aromatic heterocycles. The molecule has 3 aromatic rings. The normalized spacial score (nSPS) is 16.0. The van der Waals surface area contributed by atoms with Crippen LogP contribution < -0.4 is 10.6 Å². The maximum absolute atomic E-state index is 13.2. The lowest BCUT2D eigenvalue weighted by Crippen LogP contribution is -2.31. The summed E-state index contributed by atoms with van der Waals surface area (Å²) in [7, 11) is 0. The van der Waals surface area contributed by atoms with Crippen LogP contribution in [-0.4, -0.2) is 20.7 Å². The van der Waals surface area contributed by atoms with Crippen molar-refractivity contribution in [3.8, 4) is 0 Å². The maximum Gasteiger partial charge on any atom is 0.255 e. The van der Waals surface area contributed by atoms with Crippen molar-refractivity contribution in [2.45, 2.75) is 19.9 Å². The number of carbonyl (C=O) groups excluding carboxylic acids is 1. The number of para-hydroxylation sites is 1. The molecule has 0 aliphatic carbocycles. The highest BCUT2D eigenvalue weighted by Gasteiger charge is 2.33. The van der Waals surface area contributed by atoms with Crippen molar-refractivity contribution in [3.05, 3.63) is 83.3 Å². The van der Waals surface area contributed by atoms with Crippen molar-refractivity contribution >= 4 is 17.5 Å². The van der Waals surface area contributed by atoms with Gasteiger partial charge in [0.1, 0.15) is 12.4 Å². The van der Waals surface area contributed by atoms with Gasteiger partial charge < -0.3 is 10.6 Å². The highest BCUT2D eigenvalue weighted by molar-refractivity contribution is 6.06. The van der Waals surface area contributed by atoms with E-state index in [0.29, 0.717) is 11.5 Å². The van der Waals surface area contributed by atoms with E-state index in [1.54, 1.807) is 4.68 Å². The predicted octanol–water partition coefficient (Wildman–Crippen LogP) is 3.51. The Morgan fingerprint density at radius 3 is 2.58 bits per heavy atom. The van der Waals surface area contributed by atoms with Gasteiger partial charge in [0.2, 0.25) is 5.95 Å². The average Bonchev–Trinajstić information content (AvgIpc) is 3.11. The second-order valence-corrected chi connectivity index (χ2v) is 6.27. The highest BCUT2D eigenvalue weighted by Crippen LogP contribution is 2.35. The Balaban J connectivity index is 1.77. The maximum atomic E-state index is 13.2. The van der Waals surface area contributed by atoms with E-state index in [0.717, 1.165) is 22.5 Å². The molecule has 1 atom stereocenters. The molecule has 0 radical (unpaired) electrons. The molecule has 6 nitrogen and oxygen atoms in total. The minimum atomic E-state index is -0.334. The summed E-state index contributed by atoms with van der Waals surface area (Å²) < 4.78 is 1.75. The largest absolute Gasteiger partial charge is 0.328 e. The molecule has 2 heterocycles. The predicted molar refractivity (Wildman–Crippen MR) is 101 cm³/mol. The molecule has 4 rings (SSSR count). The molecule has 0 spiro atoms. The number of allylic oxidation sites excluding steroid dienone is 1. The van der Waals surface area contributed by atoms with Crippen LogP contribution in [0.1, 0.15) is 24.1 Å². The Morgan fingerprint density at radius 1 is 1.08 bits per heavy atom. The van der Waals surface area contributed by atoms with Crippen molar-refractivity contribution in [1.82, 2.24) is 14.8 Å². The summed E-state index contributed by atoms with van der Waals surface area (Å²) in [6.07, 6.45) is 1.49. The Kier molecular flexibility index (Phi) is 4.01. The lowest BCUT2D eigenvalue weighted by molar-refractivity contribution is -0.113. The van der Waals surface area contributed by atoms with E-state index < -0.39 is 0 Å². The van der Waals surface area contributed by atoms with Gasteiger partial charge in [-0.2, -0.15) is 10.1 Å². The first-order valence-corrected chi connectivity index (χ1v) is 8.44. The fourth-order valence-electron chi connectivity index (χ4n) is 3.23. The Morgan fingerprint density at radius 2 is 1.81 bits per heavy atom. The molecular formula is C20H19N5O. The third-order valence-electron chi connectivity index (χ3n) is 4.55. The number of amides is 1. The number of benzene rings is 2. The second-order valence-electron chi connectivity index (χ2n) is 6.27. The third kappa shape index (κ3) is 2.75. The SMILES string of the molecule is CC1=C(C(=O)Nc2ccccc2C)[C@@H](c2ccccc2)n2ncnc2N1. The average molecular weight is 345 g/mol. The standard InChI is InChI=1S/C20H19N5O/c1-13-8-6-7-11-16(13)24-19(26)17-14(2)23-20-21-12-22-25(20)18(17)15-9-4-3-5-10-15/h3-12,18H,1-2H3,(H,24,26)(H,21,22,23)/t18-/m1/s1. The van der Waals surface area contributed by atoms with Gasteiger partial charge >= 0.3 is 0 Å². The van der Waals surface area contributed by atoms with E-state index in [1.807, 2.05) is 68.4 Å². The van der Waals surface area contributed by atoms with Crippen molar-refractivity contribution in [2.75, 3.05) is 10.6 Å². The number of nitrogens with zero attached hydrogens (tertiary/aromatic N) is 3. The number of nitrogens with one attached hydrogen (secondary N) is 2. The molecular weight excluding hydrogens is 326 g/mol. The van der Waals surface area contributed by atoms with Crippen molar-refractivity contribution in [2.24, 2.45) is 0 Å². The van der Waals surface area contributed by atoms with Crippen LogP contribution in [0.15, 0.2) is 72.2 Å². The Hall–Kier alpha value is -3.41. The summed E-state index contributed by atoms with van der Waals surface area (Å²) in [6, 6.07) is 17.3. The molecule has 0 saturated carbocycles. The van der Waals surface area contributed by atoms with Gasteiger partial charge in [0, 0.05) is 11.4 Å². The van der Waals surface area contributed by atoms with Gasteiger partial charge in [-0.05, 0) is 31.0 Å². The van der Waals surface area contributed by atoms with Crippen LogP contribution in [0.3, 0.4) is 0 Å². The number of carbonyl (C=O) groups is 1. The number of anilines is 2. The number of aromatic nitrogens is 3. The lowest BCUT2D eigenvalue weighted by Gasteiger charge is -2.28. The number of aryl methyl sites for hydroxylation is 1. The van der Waals surface area contributed by atoms with Crippen LogP contribution in [-0.2, 0) is 4.79 Å². The van der Waals surface area contributed by atoms with E-state index in [4.69, 9.17) is 0 Å². The molecule has 0 bridgehead atoms. The van der Waals surface area contributed by atoms with Crippen LogP contribution in [0.25, 0.3) is 0 Å². The zero-order chi connectivity index (χ0) is 18.1. The van der Waals surface area contributed by atoms with Gasteiger partial charge in [-0.25, -0.2) is 4.68 Å². The molecule has 2 N–H and O–H groups in total. The Labute approximate surface area is 151 Å². The summed E-state index contributed by atoms with van der Waals surface area (Å²) in [4.78, 5) is 17.4. The van der Waals surface area contributed by atoms with E-state index in [9.17, 15) is 4.79 Å². The van der Waals surface area contributed by atoms with Crippen molar-refractivity contribution in [3.63, 3.8) is 0 Å². The quantitative estimate of drug-likeness (QED) is 0.762. The van der Waals surface area contributed by atoms with E-state index in [1.165, 1.54) is 6.33 Å². The zero-order valence-corrected chi connectivity index (χ0v) is 14.6. The summed E-state index contributed by atoms with van der Waals surface area (Å²) in [6.45, 7) is 3.86. The topological polar surface area (TPSA) is 71.8 Å². The number of rotatable bonds is 3. The summed E-state index contributed by atoms with van der Waals surface area (Å²) >= 11 is 0. The number of fused-ring (bicyclic) bond motifs is 1. The molecule has 1 aliphatic heterocycles. The van der Waals surface area contributed by atoms with Crippen LogP contribution in [0.4, 0.5) is 11.6 Å². The molecule has 1 aliphatic rings. The Bertz CT molecular complexity index is 990. The first kappa shape index (κ1) is 16.1. The molecule has 130 valence electrons. The van der Waals surface area contributed by atoms with Crippen molar-refractivity contribution < 1.29 is 4.79 Å². The fraction of sp³-hybridized carbons (Fsp3) is 0.150. The first-order valence-electron chi connectivity index (χ1n) is 8.44. The minimum Gasteiger partial charge on any atom is -0.328 e. The summed E-state index contributed by atoms with van der Waals surface area (Å²) in [5.74, 6) is 0.475. The molecule has 26 heavy (non-hydrogen) atoms. The monoisotopic (exact) mass is 345 g/mol. The van der Waals surface area contributed by atoms with E-state index >= 15 is 0 Å². The zero-order valence-electron chi connectivity index (χ0n) is 14.6. The van der Waals surface area contributed by atoms with Gasteiger partial charge in [-0.3, -0.25) is 4.79 Å². The fourth-order valence-corrected chi connectivity index (χ4v) is 3.23. The molecule has 1 amide bonds. The molecule has 0 unspecified atom stereocenters. The molecule has 0 fully saturated rings. The highest BCUT2D eigenvalue weighted by atomic mass is 16.1. The molecule has 2 aromatic carbocycles. The molecule has 0 saturated heterocycles. The van der Waals surface area contributed by atoms with Crippen molar-refractivity contribution in [1.29, 1.82) is 0 Å². The summed E-state index contributed by atoms with van der Waals surface area (Å²) in [5.41, 5.74) is 4.19. The van der Waals surface area contributed by atoms with Gasteiger partial charge in [-0.15, -0.1) is 0 Å². The molecule has 6 heteroatoms. The van der Waals surface area contributed by atoms with Gasteiger partial charge in [0.15, 0.2) is 0 Å². The second kappa shape index (κ2) is 6.48. The number of hydrogen-bond donors (Lipinski definition) is 2. The number of hydrogen-bond acceptors (Lipinski definition) is 4. The van der Waals surface area contributed by atoms with Crippen LogP contribution >= 0.6 is 0 Å². The first-order chi connectivity index (χ1) is 12.6. The summed E-state index contributed by atoms with van der Waals surface area (Å²) in [5, 5.41) is 10.5. The minimum absolute atomic E-state index is 0.153. The van der Waals surface area contributed by atoms with Crippen LogP contribution in [0, 0.1) is 6.92 Å². The van der Waals surface area contributed by atoms with Crippen LogP contribution in [0.2, 0.25) is 0 Å².